The van der Waals surface area contributed by atoms with Crippen molar-refractivity contribution in [1.82, 2.24) is 4.90 Å². The molecular formula is C21H23FN2O2. The van der Waals surface area contributed by atoms with Crippen molar-refractivity contribution < 1.29 is 14.3 Å². The fraction of sp³-hybridized carbons (Fsp3) is 0.381. The largest absolute Gasteiger partial charge is 0.390 e. The molecule has 1 spiro atoms. The first kappa shape index (κ1) is 17.2. The first-order valence-corrected chi connectivity index (χ1v) is 9.02. The van der Waals surface area contributed by atoms with E-state index in [4.69, 9.17) is 5.73 Å². The first-order valence-electron chi connectivity index (χ1n) is 9.02. The minimum absolute atomic E-state index is 0.163. The molecule has 1 fully saturated rings. The molecule has 0 aromatic heterocycles. The van der Waals surface area contributed by atoms with E-state index in [0.29, 0.717) is 37.1 Å². The van der Waals surface area contributed by atoms with E-state index in [1.807, 2.05) is 24.3 Å². The van der Waals surface area contributed by atoms with Crippen LogP contribution < -0.4 is 5.73 Å². The van der Waals surface area contributed by atoms with Gasteiger partial charge in [-0.3, -0.25) is 4.79 Å². The van der Waals surface area contributed by atoms with Crippen LogP contribution in [0.4, 0.5) is 4.39 Å². The SMILES string of the molecule is Cc1ccc(C(=O)N2CCC3(CC2)c2ccccc2[C@@H](N)[C@@H]3O)cc1F. The number of benzene rings is 2. The molecule has 1 saturated heterocycles. The molecule has 2 atom stereocenters. The van der Waals surface area contributed by atoms with Crippen molar-refractivity contribution in [2.24, 2.45) is 5.73 Å². The van der Waals surface area contributed by atoms with Crippen molar-refractivity contribution in [3.63, 3.8) is 0 Å². The van der Waals surface area contributed by atoms with E-state index >= 15 is 0 Å². The Morgan fingerprint density at radius 1 is 1.23 bits per heavy atom. The van der Waals surface area contributed by atoms with E-state index in [1.54, 1.807) is 24.0 Å². The van der Waals surface area contributed by atoms with E-state index in [-0.39, 0.29) is 17.8 Å². The Hall–Kier alpha value is -2.24. The second-order valence-corrected chi connectivity index (χ2v) is 7.47. The smallest absolute Gasteiger partial charge is 0.253 e. The third kappa shape index (κ3) is 2.46. The number of likely N-dealkylation sites (tertiary alicyclic amines) is 1. The number of hydrogen-bond acceptors (Lipinski definition) is 3. The van der Waals surface area contributed by atoms with E-state index in [1.165, 1.54) is 6.07 Å². The molecule has 3 N–H and O–H groups in total. The molecule has 136 valence electrons. The van der Waals surface area contributed by atoms with Crippen LogP contribution >= 0.6 is 0 Å². The number of fused-ring (bicyclic) bond motifs is 2. The summed E-state index contributed by atoms with van der Waals surface area (Å²) in [6, 6.07) is 12.1. The topological polar surface area (TPSA) is 66.6 Å². The van der Waals surface area contributed by atoms with Gasteiger partial charge in [0, 0.05) is 24.1 Å². The molecule has 4 nitrogen and oxygen atoms in total. The van der Waals surface area contributed by atoms with Crippen LogP contribution in [0.1, 0.15) is 45.9 Å². The van der Waals surface area contributed by atoms with Crippen LogP contribution in [0.15, 0.2) is 42.5 Å². The number of amides is 1. The quantitative estimate of drug-likeness (QED) is 0.827. The van der Waals surface area contributed by atoms with Crippen molar-refractivity contribution in [3.8, 4) is 0 Å². The van der Waals surface area contributed by atoms with Gasteiger partial charge in [-0.1, -0.05) is 30.3 Å². The predicted octanol–water partition coefficient (Wildman–Crippen LogP) is 2.68. The number of carbonyl (C=O) groups excluding carboxylic acids is 1. The molecule has 1 heterocycles. The van der Waals surface area contributed by atoms with E-state index in [0.717, 1.165) is 11.1 Å². The number of aliphatic hydroxyl groups is 1. The summed E-state index contributed by atoms with van der Waals surface area (Å²) in [7, 11) is 0. The molecule has 0 radical (unpaired) electrons. The lowest BCUT2D eigenvalue weighted by Crippen LogP contribution is -2.50. The number of carbonyl (C=O) groups is 1. The van der Waals surface area contributed by atoms with Gasteiger partial charge >= 0.3 is 0 Å². The van der Waals surface area contributed by atoms with Crippen molar-refractivity contribution in [2.75, 3.05) is 13.1 Å². The van der Waals surface area contributed by atoms with Gasteiger partial charge in [0.1, 0.15) is 5.82 Å². The molecule has 2 aliphatic rings. The molecule has 26 heavy (non-hydrogen) atoms. The van der Waals surface area contributed by atoms with Crippen LogP contribution in [0.5, 0.6) is 0 Å². The Balaban J connectivity index is 1.56. The average Bonchev–Trinajstić information content (AvgIpc) is 2.87. The van der Waals surface area contributed by atoms with Crippen LogP contribution in [-0.2, 0) is 5.41 Å². The Kier molecular flexibility index (Phi) is 4.09. The summed E-state index contributed by atoms with van der Waals surface area (Å²) in [4.78, 5) is 14.5. The van der Waals surface area contributed by atoms with Gasteiger partial charge in [0.15, 0.2) is 0 Å². The highest BCUT2D eigenvalue weighted by atomic mass is 19.1. The molecule has 4 rings (SSSR count). The van der Waals surface area contributed by atoms with Gasteiger partial charge in [-0.25, -0.2) is 4.39 Å². The Morgan fingerprint density at radius 3 is 2.62 bits per heavy atom. The summed E-state index contributed by atoms with van der Waals surface area (Å²) in [5.41, 5.74) is 8.84. The number of aliphatic hydroxyl groups excluding tert-OH is 1. The van der Waals surface area contributed by atoms with Crippen molar-refractivity contribution in [1.29, 1.82) is 0 Å². The van der Waals surface area contributed by atoms with Gasteiger partial charge in [0.25, 0.3) is 5.91 Å². The molecule has 1 aliphatic heterocycles. The second-order valence-electron chi connectivity index (χ2n) is 7.47. The highest BCUT2D eigenvalue weighted by Gasteiger charge is 2.51. The maximum atomic E-state index is 13.8. The normalized spacial score (nSPS) is 23.9. The highest BCUT2D eigenvalue weighted by Crippen LogP contribution is 2.50. The number of rotatable bonds is 1. The molecule has 0 unspecified atom stereocenters. The summed E-state index contributed by atoms with van der Waals surface area (Å²) in [5, 5.41) is 10.8. The molecule has 1 amide bonds. The standard InChI is InChI=1S/C21H23FN2O2/c1-13-6-7-14(12-17(13)22)20(26)24-10-8-21(9-11-24)16-5-3-2-4-15(16)18(23)19(21)25/h2-7,12,18-19,25H,8-11,23H2,1H3/t18-,19+/m1/s1. The van der Waals surface area contributed by atoms with Gasteiger partial charge in [-0.2, -0.15) is 0 Å². The van der Waals surface area contributed by atoms with Crippen LogP contribution in [0.25, 0.3) is 0 Å². The minimum atomic E-state index is -0.644. The predicted molar refractivity (Wildman–Crippen MR) is 97.3 cm³/mol. The minimum Gasteiger partial charge on any atom is -0.390 e. The summed E-state index contributed by atoms with van der Waals surface area (Å²) in [6.07, 6.45) is 0.659. The van der Waals surface area contributed by atoms with Crippen LogP contribution in [-0.4, -0.2) is 35.1 Å². The molecular weight excluding hydrogens is 331 g/mol. The summed E-state index contributed by atoms with van der Waals surface area (Å²) in [6.45, 7) is 2.72. The zero-order chi connectivity index (χ0) is 18.5. The van der Waals surface area contributed by atoms with Crippen LogP contribution in [0, 0.1) is 12.7 Å². The average molecular weight is 354 g/mol. The summed E-state index contributed by atoms with van der Waals surface area (Å²) >= 11 is 0. The van der Waals surface area contributed by atoms with Crippen molar-refractivity contribution in [3.05, 3.63) is 70.5 Å². The van der Waals surface area contributed by atoms with Gasteiger partial charge in [-0.15, -0.1) is 0 Å². The fourth-order valence-corrected chi connectivity index (χ4v) is 4.50. The lowest BCUT2D eigenvalue weighted by Gasteiger charge is -2.42. The fourth-order valence-electron chi connectivity index (χ4n) is 4.50. The second kappa shape index (κ2) is 6.18. The third-order valence-corrected chi connectivity index (χ3v) is 6.12. The number of piperidine rings is 1. The number of nitrogens with zero attached hydrogens (tertiary/aromatic N) is 1. The molecule has 2 aromatic rings. The van der Waals surface area contributed by atoms with Crippen LogP contribution in [0.3, 0.4) is 0 Å². The van der Waals surface area contributed by atoms with Crippen molar-refractivity contribution in [2.45, 2.75) is 37.3 Å². The third-order valence-electron chi connectivity index (χ3n) is 6.12. The van der Waals surface area contributed by atoms with Gasteiger partial charge in [-0.05, 0) is 48.6 Å². The zero-order valence-corrected chi connectivity index (χ0v) is 14.8. The first-order chi connectivity index (χ1) is 12.4. The summed E-state index contributed by atoms with van der Waals surface area (Å²) in [5.74, 6) is -0.528. The highest BCUT2D eigenvalue weighted by molar-refractivity contribution is 5.94. The number of nitrogens with two attached hydrogens (primary N) is 1. The molecule has 2 aromatic carbocycles. The lowest BCUT2D eigenvalue weighted by molar-refractivity contribution is 0.0262. The lowest BCUT2D eigenvalue weighted by atomic mass is 9.72. The van der Waals surface area contributed by atoms with Crippen LogP contribution in [0.2, 0.25) is 0 Å². The Bertz CT molecular complexity index is 859. The maximum absolute atomic E-state index is 13.8. The number of halogens is 1. The Labute approximate surface area is 152 Å². The van der Waals surface area contributed by atoms with E-state index < -0.39 is 11.5 Å². The Morgan fingerprint density at radius 2 is 1.92 bits per heavy atom. The summed E-state index contributed by atoms with van der Waals surface area (Å²) < 4.78 is 13.8. The van der Waals surface area contributed by atoms with Gasteiger partial charge in [0.05, 0.1) is 12.1 Å². The maximum Gasteiger partial charge on any atom is 0.253 e. The molecule has 5 heteroatoms. The van der Waals surface area contributed by atoms with Crippen molar-refractivity contribution >= 4 is 5.91 Å². The number of hydrogen-bond donors (Lipinski definition) is 2. The van der Waals surface area contributed by atoms with Gasteiger partial charge in [0.2, 0.25) is 0 Å². The monoisotopic (exact) mass is 354 g/mol. The molecule has 0 saturated carbocycles. The van der Waals surface area contributed by atoms with E-state index in [2.05, 4.69) is 0 Å². The van der Waals surface area contributed by atoms with E-state index in [9.17, 15) is 14.3 Å². The number of aryl methyl sites for hydroxylation is 1. The van der Waals surface area contributed by atoms with Gasteiger partial charge < -0.3 is 15.7 Å². The molecule has 0 bridgehead atoms. The zero-order valence-electron chi connectivity index (χ0n) is 14.8. The molecule has 1 aliphatic carbocycles.